The number of aromatic nitrogens is 3. The second kappa shape index (κ2) is 7.60. The molecular weight excluding hydrogens is 358 g/mol. The van der Waals surface area contributed by atoms with Gasteiger partial charge in [0.1, 0.15) is 11.6 Å². The van der Waals surface area contributed by atoms with E-state index in [0.717, 1.165) is 34.0 Å². The minimum absolute atomic E-state index is 0.386. The van der Waals surface area contributed by atoms with Crippen LogP contribution in [0, 0.1) is 11.6 Å². The highest BCUT2D eigenvalue weighted by Gasteiger charge is 2.09. The van der Waals surface area contributed by atoms with E-state index < -0.39 is 11.6 Å². The fraction of sp³-hybridized carbons (Fsp3) is 0.0909. The average Bonchev–Trinajstić information content (AvgIpc) is 3.08. The minimum Gasteiger partial charge on any atom is -0.370 e. The third-order valence-corrected chi connectivity index (χ3v) is 4.46. The average molecular weight is 376 g/mol. The predicted octanol–water partition coefficient (Wildman–Crippen LogP) is 5.04. The highest BCUT2D eigenvalue weighted by atomic mass is 19.1. The molecule has 0 unspecified atom stereocenters. The van der Waals surface area contributed by atoms with Gasteiger partial charge in [0.05, 0.1) is 16.9 Å². The molecule has 0 amide bonds. The second-order valence-electron chi connectivity index (χ2n) is 6.56. The van der Waals surface area contributed by atoms with Crippen molar-refractivity contribution >= 4 is 28.7 Å². The molecule has 140 valence electrons. The summed E-state index contributed by atoms with van der Waals surface area (Å²) in [7, 11) is 1.88. The zero-order valence-electron chi connectivity index (χ0n) is 15.2. The van der Waals surface area contributed by atoms with E-state index in [4.69, 9.17) is 0 Å². The van der Waals surface area contributed by atoms with E-state index in [9.17, 15) is 8.78 Å². The lowest BCUT2D eigenvalue weighted by Gasteiger charge is -2.19. The number of hydrogen-bond donors (Lipinski definition) is 1. The van der Waals surface area contributed by atoms with Crippen molar-refractivity contribution in [2.45, 2.75) is 6.54 Å². The van der Waals surface area contributed by atoms with Crippen LogP contribution in [0.15, 0.2) is 60.8 Å². The van der Waals surface area contributed by atoms with Crippen LogP contribution >= 0.6 is 0 Å². The van der Waals surface area contributed by atoms with E-state index >= 15 is 0 Å². The number of anilines is 1. The van der Waals surface area contributed by atoms with Crippen molar-refractivity contribution in [2.24, 2.45) is 0 Å². The maximum Gasteiger partial charge on any atom is 0.126 e. The number of rotatable bonds is 5. The smallest absolute Gasteiger partial charge is 0.126 e. The van der Waals surface area contributed by atoms with Gasteiger partial charge in [0.25, 0.3) is 0 Å². The highest BCUT2D eigenvalue weighted by Crippen LogP contribution is 2.25. The third-order valence-electron chi connectivity index (χ3n) is 4.46. The van der Waals surface area contributed by atoms with Crippen LogP contribution in [0.3, 0.4) is 0 Å². The van der Waals surface area contributed by atoms with Gasteiger partial charge in [0.2, 0.25) is 0 Å². The number of aromatic amines is 1. The summed E-state index contributed by atoms with van der Waals surface area (Å²) in [6.07, 6.45) is 5.55. The van der Waals surface area contributed by atoms with Gasteiger partial charge in [-0.1, -0.05) is 6.07 Å². The van der Waals surface area contributed by atoms with E-state index in [0.29, 0.717) is 12.1 Å². The Bertz CT molecular complexity index is 1120. The van der Waals surface area contributed by atoms with E-state index in [1.807, 2.05) is 60.5 Å². The molecule has 0 aliphatic heterocycles. The van der Waals surface area contributed by atoms with Crippen LogP contribution in [0.4, 0.5) is 14.5 Å². The lowest BCUT2D eigenvalue weighted by atomic mass is 10.1. The molecule has 0 atom stereocenters. The number of nitrogens with one attached hydrogen (secondary N) is 1. The fourth-order valence-electron chi connectivity index (χ4n) is 3.09. The Morgan fingerprint density at radius 3 is 2.57 bits per heavy atom. The molecule has 28 heavy (non-hydrogen) atoms. The van der Waals surface area contributed by atoms with E-state index in [2.05, 4.69) is 15.2 Å². The molecule has 0 aliphatic carbocycles. The van der Waals surface area contributed by atoms with Gasteiger partial charge in [0.15, 0.2) is 0 Å². The Hall–Kier alpha value is -3.54. The quantitative estimate of drug-likeness (QED) is 0.531. The van der Waals surface area contributed by atoms with E-state index in [1.165, 1.54) is 12.1 Å². The van der Waals surface area contributed by atoms with Crippen LogP contribution < -0.4 is 4.90 Å². The molecular formula is C22H18F2N4. The molecule has 0 bridgehead atoms. The summed E-state index contributed by atoms with van der Waals surface area (Å²) in [6, 6.07) is 15.2. The van der Waals surface area contributed by atoms with Crippen molar-refractivity contribution in [3.63, 3.8) is 0 Å². The van der Waals surface area contributed by atoms with Crippen LogP contribution in [-0.2, 0) is 6.54 Å². The summed E-state index contributed by atoms with van der Waals surface area (Å²) in [5.74, 6) is -1.15. The van der Waals surface area contributed by atoms with Gasteiger partial charge in [0, 0.05) is 36.9 Å². The SMILES string of the molecule is CN(Cc1cc(F)cc(F)c1)c1ccc2[nH]nc(/C=C/c3ccccn3)c2c1. The number of hydrogen-bond acceptors (Lipinski definition) is 3. The fourth-order valence-corrected chi connectivity index (χ4v) is 3.09. The summed E-state index contributed by atoms with van der Waals surface area (Å²) in [6.45, 7) is 0.386. The predicted molar refractivity (Wildman–Crippen MR) is 108 cm³/mol. The number of H-pyrrole nitrogens is 1. The first-order valence-electron chi connectivity index (χ1n) is 8.82. The number of nitrogens with zero attached hydrogens (tertiary/aromatic N) is 3. The highest BCUT2D eigenvalue weighted by molar-refractivity contribution is 5.91. The molecule has 6 heteroatoms. The number of pyridine rings is 1. The van der Waals surface area contributed by atoms with Crippen molar-refractivity contribution in [3.05, 3.63) is 89.4 Å². The molecule has 1 N–H and O–H groups in total. The lowest BCUT2D eigenvalue weighted by Crippen LogP contribution is -2.16. The molecule has 2 heterocycles. The Morgan fingerprint density at radius 2 is 1.82 bits per heavy atom. The van der Waals surface area contributed by atoms with Gasteiger partial charge in [-0.25, -0.2) is 8.78 Å². The topological polar surface area (TPSA) is 44.8 Å². The van der Waals surface area contributed by atoms with Gasteiger partial charge in [-0.15, -0.1) is 0 Å². The van der Waals surface area contributed by atoms with Crippen molar-refractivity contribution in [1.29, 1.82) is 0 Å². The van der Waals surface area contributed by atoms with Crippen LogP contribution in [0.5, 0.6) is 0 Å². The normalized spacial score (nSPS) is 11.4. The molecule has 2 aromatic carbocycles. The third kappa shape index (κ3) is 3.91. The first-order chi connectivity index (χ1) is 13.6. The number of benzene rings is 2. The first kappa shape index (κ1) is 17.9. The monoisotopic (exact) mass is 376 g/mol. The zero-order valence-corrected chi connectivity index (χ0v) is 15.2. The summed E-state index contributed by atoms with van der Waals surface area (Å²) in [4.78, 5) is 6.21. The first-order valence-corrected chi connectivity index (χ1v) is 8.82. The molecule has 0 radical (unpaired) electrons. The van der Waals surface area contributed by atoms with Gasteiger partial charge in [-0.05, 0) is 60.2 Å². The van der Waals surface area contributed by atoms with Crippen LogP contribution in [0.1, 0.15) is 17.0 Å². The van der Waals surface area contributed by atoms with Crippen LogP contribution in [0.25, 0.3) is 23.1 Å². The molecule has 0 saturated carbocycles. The number of fused-ring (bicyclic) bond motifs is 1. The van der Waals surface area contributed by atoms with Crippen molar-refractivity contribution in [3.8, 4) is 0 Å². The molecule has 0 saturated heterocycles. The lowest BCUT2D eigenvalue weighted by molar-refractivity contribution is 0.579. The maximum atomic E-state index is 13.4. The Kier molecular flexibility index (Phi) is 4.85. The summed E-state index contributed by atoms with van der Waals surface area (Å²) < 4.78 is 26.9. The van der Waals surface area contributed by atoms with Gasteiger partial charge in [-0.3, -0.25) is 10.1 Å². The molecule has 4 rings (SSSR count). The standard InChI is InChI=1S/C22H18F2N4/c1-28(14-15-10-16(23)12-17(24)11-15)19-6-8-22-20(13-19)21(26-27-22)7-5-18-4-2-3-9-25-18/h2-13H,14H2,1H3,(H,26,27)/b7-5+. The van der Waals surface area contributed by atoms with E-state index in [-0.39, 0.29) is 0 Å². The van der Waals surface area contributed by atoms with E-state index in [1.54, 1.807) is 6.20 Å². The molecule has 4 aromatic rings. The Morgan fingerprint density at radius 1 is 1.00 bits per heavy atom. The van der Waals surface area contributed by atoms with Crippen molar-refractivity contribution in [1.82, 2.24) is 15.2 Å². The summed E-state index contributed by atoms with van der Waals surface area (Å²) >= 11 is 0. The van der Waals surface area contributed by atoms with Gasteiger partial charge >= 0.3 is 0 Å². The second-order valence-corrected chi connectivity index (χ2v) is 6.56. The Labute approximate surface area is 161 Å². The van der Waals surface area contributed by atoms with Gasteiger partial charge < -0.3 is 4.90 Å². The summed E-state index contributed by atoms with van der Waals surface area (Å²) in [5, 5.41) is 8.34. The van der Waals surface area contributed by atoms with Crippen molar-refractivity contribution in [2.75, 3.05) is 11.9 Å². The van der Waals surface area contributed by atoms with Crippen molar-refractivity contribution < 1.29 is 8.78 Å². The molecule has 0 spiro atoms. The van der Waals surface area contributed by atoms with Crippen LogP contribution in [0.2, 0.25) is 0 Å². The molecule has 2 aromatic heterocycles. The molecule has 0 fully saturated rings. The summed E-state index contributed by atoms with van der Waals surface area (Å²) in [5.41, 5.74) is 4.05. The maximum absolute atomic E-state index is 13.4. The minimum atomic E-state index is -0.573. The molecule has 0 aliphatic rings. The number of halogens is 2. The van der Waals surface area contributed by atoms with Crippen LogP contribution in [-0.4, -0.2) is 22.2 Å². The van der Waals surface area contributed by atoms with Gasteiger partial charge in [-0.2, -0.15) is 5.10 Å². The Balaban J connectivity index is 1.60. The largest absolute Gasteiger partial charge is 0.370 e. The molecule has 4 nitrogen and oxygen atoms in total. The zero-order chi connectivity index (χ0) is 19.5.